The highest BCUT2D eigenvalue weighted by Gasteiger charge is 2.73. The van der Waals surface area contributed by atoms with Gasteiger partial charge in [0.2, 0.25) is 0 Å². The monoisotopic (exact) mass is 472 g/mol. The Hall–Kier alpha value is -2.12. The third kappa shape index (κ3) is 2.83. The van der Waals surface area contributed by atoms with Crippen molar-refractivity contribution in [3.8, 4) is 0 Å². The van der Waals surface area contributed by atoms with Gasteiger partial charge >= 0.3 is 11.9 Å². The highest BCUT2D eigenvalue weighted by molar-refractivity contribution is 5.74. The highest BCUT2D eigenvalue weighted by atomic mass is 16.6. The van der Waals surface area contributed by atoms with Crippen molar-refractivity contribution in [2.75, 3.05) is 7.11 Å². The van der Waals surface area contributed by atoms with Gasteiger partial charge in [-0.3, -0.25) is 9.59 Å². The van der Waals surface area contributed by atoms with Crippen LogP contribution in [-0.4, -0.2) is 42.0 Å². The molecule has 5 rings (SSSR count). The van der Waals surface area contributed by atoms with Crippen LogP contribution in [0.3, 0.4) is 0 Å². The largest absolute Gasteiger partial charge is 0.472 e. The number of carbonyl (C=O) groups excluding carboxylic acids is 2. The van der Waals surface area contributed by atoms with E-state index in [0.717, 1.165) is 24.0 Å². The van der Waals surface area contributed by atoms with Gasteiger partial charge in [-0.15, -0.1) is 0 Å². The van der Waals surface area contributed by atoms with Crippen molar-refractivity contribution in [1.82, 2.24) is 0 Å². The maximum Gasteiger partial charge on any atom is 0.309 e. The average Bonchev–Trinajstić information content (AvgIpc) is 3.30. The number of cyclic esters (lactones) is 1. The van der Waals surface area contributed by atoms with E-state index in [1.165, 1.54) is 7.11 Å². The minimum absolute atomic E-state index is 0.0386. The molecule has 2 bridgehead atoms. The van der Waals surface area contributed by atoms with Crippen LogP contribution in [0.1, 0.15) is 71.5 Å². The second kappa shape index (κ2) is 7.44. The van der Waals surface area contributed by atoms with E-state index in [2.05, 4.69) is 20.4 Å². The molecule has 4 fully saturated rings. The van der Waals surface area contributed by atoms with Gasteiger partial charge in [-0.05, 0) is 41.7 Å². The number of ether oxygens (including phenoxy) is 3. The summed E-state index contributed by atoms with van der Waals surface area (Å²) in [6, 6.07) is 1.84. The number of aliphatic hydroxyl groups is 1. The van der Waals surface area contributed by atoms with Crippen molar-refractivity contribution < 1.29 is 33.3 Å². The molecule has 1 aromatic heterocycles. The number of hydrogen-bond acceptors (Lipinski definition) is 7. The lowest BCUT2D eigenvalue weighted by molar-refractivity contribution is -0.314. The van der Waals surface area contributed by atoms with E-state index in [1.807, 2.05) is 19.9 Å². The summed E-state index contributed by atoms with van der Waals surface area (Å²) in [5.74, 6) is -0.752. The molecule has 7 nitrogen and oxygen atoms in total. The zero-order chi connectivity index (χ0) is 24.7. The molecule has 0 aromatic carbocycles. The van der Waals surface area contributed by atoms with Crippen molar-refractivity contribution in [3.63, 3.8) is 0 Å². The van der Waals surface area contributed by atoms with Gasteiger partial charge in [0.05, 0.1) is 38.3 Å². The molecule has 0 unspecified atom stereocenters. The number of rotatable bonds is 3. The number of esters is 2. The smallest absolute Gasteiger partial charge is 0.309 e. The fourth-order valence-electron chi connectivity index (χ4n) is 8.07. The zero-order valence-electron chi connectivity index (χ0n) is 20.8. The maximum atomic E-state index is 13.0. The molecule has 1 spiro atoms. The van der Waals surface area contributed by atoms with Crippen LogP contribution in [0.4, 0.5) is 0 Å². The molecule has 2 aliphatic carbocycles. The first-order valence-corrected chi connectivity index (χ1v) is 12.3. The minimum Gasteiger partial charge on any atom is -0.472 e. The van der Waals surface area contributed by atoms with Crippen molar-refractivity contribution in [3.05, 3.63) is 36.3 Å². The second-order valence-corrected chi connectivity index (χ2v) is 11.8. The fourth-order valence-corrected chi connectivity index (χ4v) is 8.07. The summed E-state index contributed by atoms with van der Waals surface area (Å²) in [4.78, 5) is 25.5. The summed E-state index contributed by atoms with van der Waals surface area (Å²) in [6.07, 6.45) is 4.06. The predicted molar refractivity (Wildman–Crippen MR) is 122 cm³/mol. The number of methoxy groups -OCH3 is 1. The van der Waals surface area contributed by atoms with E-state index in [4.69, 9.17) is 18.6 Å². The van der Waals surface area contributed by atoms with Crippen molar-refractivity contribution >= 4 is 11.9 Å². The maximum absolute atomic E-state index is 13.0. The molecule has 186 valence electrons. The number of furan rings is 1. The Morgan fingerprint density at radius 3 is 2.68 bits per heavy atom. The molecule has 2 aliphatic heterocycles. The number of carbonyl (C=O) groups is 2. The van der Waals surface area contributed by atoms with Gasteiger partial charge in [0.15, 0.2) is 0 Å². The zero-order valence-corrected chi connectivity index (χ0v) is 20.8. The first kappa shape index (κ1) is 23.6. The fraction of sp³-hybridized carbons (Fsp3) is 0.704. The van der Waals surface area contributed by atoms with Gasteiger partial charge in [-0.1, -0.05) is 34.3 Å². The molecule has 2 saturated heterocycles. The Labute approximate surface area is 200 Å². The lowest BCUT2D eigenvalue weighted by Gasteiger charge is -2.71. The molecule has 1 aromatic rings. The van der Waals surface area contributed by atoms with Gasteiger partial charge < -0.3 is 23.7 Å². The van der Waals surface area contributed by atoms with E-state index in [0.29, 0.717) is 6.42 Å². The molecule has 1 N–H and O–H groups in total. The van der Waals surface area contributed by atoms with Crippen LogP contribution >= 0.6 is 0 Å². The molecule has 7 heteroatoms. The highest BCUT2D eigenvalue weighted by Crippen LogP contribution is 2.72. The topological polar surface area (TPSA) is 95.2 Å². The second-order valence-electron chi connectivity index (χ2n) is 11.8. The number of hydrogen-bond donors (Lipinski definition) is 1. The average molecular weight is 473 g/mol. The van der Waals surface area contributed by atoms with Gasteiger partial charge in [0.1, 0.15) is 11.7 Å². The summed E-state index contributed by atoms with van der Waals surface area (Å²) in [5, 5.41) is 11.2. The van der Waals surface area contributed by atoms with E-state index >= 15 is 0 Å². The molecular formula is C27H36O7. The van der Waals surface area contributed by atoms with Crippen LogP contribution in [0.5, 0.6) is 0 Å². The van der Waals surface area contributed by atoms with Crippen LogP contribution < -0.4 is 0 Å². The lowest BCUT2D eigenvalue weighted by atomic mass is 9.41. The minimum atomic E-state index is -0.908. The summed E-state index contributed by atoms with van der Waals surface area (Å²) in [5.41, 5.74) is -0.672. The van der Waals surface area contributed by atoms with Crippen LogP contribution in [0.25, 0.3) is 0 Å². The lowest BCUT2D eigenvalue weighted by Crippen LogP contribution is -2.73. The van der Waals surface area contributed by atoms with E-state index < -0.39 is 34.1 Å². The summed E-state index contributed by atoms with van der Waals surface area (Å²) in [7, 11) is 1.40. The van der Waals surface area contributed by atoms with Crippen molar-refractivity contribution in [2.45, 2.75) is 83.7 Å². The Morgan fingerprint density at radius 1 is 1.29 bits per heavy atom. The Bertz CT molecular complexity index is 1010. The molecule has 2 saturated carbocycles. The van der Waals surface area contributed by atoms with Crippen LogP contribution in [0, 0.1) is 28.1 Å². The van der Waals surface area contributed by atoms with Crippen LogP contribution in [0.2, 0.25) is 0 Å². The first-order chi connectivity index (χ1) is 15.9. The normalized spacial score (nSPS) is 45.1. The summed E-state index contributed by atoms with van der Waals surface area (Å²) >= 11 is 0. The first-order valence-electron chi connectivity index (χ1n) is 12.3. The van der Waals surface area contributed by atoms with E-state index in [-0.39, 0.29) is 42.7 Å². The van der Waals surface area contributed by atoms with Crippen molar-refractivity contribution in [1.29, 1.82) is 0 Å². The Balaban J connectivity index is 1.62. The number of fused-ring (bicyclic) bond motifs is 3. The molecule has 3 heterocycles. The van der Waals surface area contributed by atoms with Crippen LogP contribution in [0.15, 0.2) is 35.2 Å². The molecular weight excluding hydrogens is 436 g/mol. The third-order valence-corrected chi connectivity index (χ3v) is 10.2. The van der Waals surface area contributed by atoms with Crippen LogP contribution in [-0.2, 0) is 23.8 Å². The SMILES string of the molecule is C=C1[C@H]2CC[C@@]3(C)[C@H](c4ccoc4)OC(=O)C[C@]13O[C@H]1C[C@H](O)C(C)(C)[C@H](CC(=O)OC)[C@]12C. The van der Waals surface area contributed by atoms with E-state index in [9.17, 15) is 14.7 Å². The van der Waals surface area contributed by atoms with Gasteiger partial charge in [0.25, 0.3) is 0 Å². The summed E-state index contributed by atoms with van der Waals surface area (Å²) in [6.45, 7) is 12.9. The molecule has 34 heavy (non-hydrogen) atoms. The quantitative estimate of drug-likeness (QED) is 0.516. The molecule has 8 atom stereocenters. The summed E-state index contributed by atoms with van der Waals surface area (Å²) < 4.78 is 23.3. The number of aliphatic hydroxyl groups excluding tert-OH is 1. The van der Waals surface area contributed by atoms with Gasteiger partial charge in [0, 0.05) is 29.2 Å². The Morgan fingerprint density at radius 2 is 2.03 bits per heavy atom. The molecule has 4 aliphatic rings. The molecule has 0 radical (unpaired) electrons. The molecule has 0 amide bonds. The van der Waals surface area contributed by atoms with Gasteiger partial charge in [-0.2, -0.15) is 0 Å². The third-order valence-electron chi connectivity index (χ3n) is 10.2. The Kier molecular flexibility index (Phi) is 5.17. The van der Waals surface area contributed by atoms with E-state index in [1.54, 1.807) is 12.5 Å². The predicted octanol–water partition coefficient (Wildman–Crippen LogP) is 4.35. The standard InChI is InChI=1S/C27H36O7/c1-15-17-7-9-25(4)23(16-8-10-32-14-16)33-22(30)13-27(15,25)34-20-12-19(28)24(2,3)18(26(17,20)5)11-21(29)31-6/h8,10,14,17-20,23,28H,1,7,9,11-13H2,2-6H3/t17-,18+,19+,20+,23+,25+,26-,27+/m1/s1. The van der Waals surface area contributed by atoms with Gasteiger partial charge in [-0.25, -0.2) is 0 Å². The van der Waals surface area contributed by atoms with Crippen molar-refractivity contribution in [2.24, 2.45) is 28.1 Å².